The van der Waals surface area contributed by atoms with E-state index >= 15 is 4.39 Å². The number of anilines is 2. The Balaban J connectivity index is 1.36. The normalized spacial score (nSPS) is 18.3. The zero-order chi connectivity index (χ0) is 30.3. The fourth-order valence-electron chi connectivity index (χ4n) is 6.11. The minimum absolute atomic E-state index is 0.0529. The molecular formula is C32H37FN6O3S. The Morgan fingerprint density at radius 1 is 1.14 bits per heavy atom. The third-order valence-corrected chi connectivity index (χ3v) is 9.90. The van der Waals surface area contributed by atoms with E-state index in [0.717, 1.165) is 57.1 Å². The number of allylic oxidation sites excluding steroid dienone is 1. The summed E-state index contributed by atoms with van der Waals surface area (Å²) in [5.41, 5.74) is 10.6. The van der Waals surface area contributed by atoms with Crippen molar-refractivity contribution in [2.24, 2.45) is 0 Å². The molecule has 6 rings (SSSR count). The van der Waals surface area contributed by atoms with Crippen LogP contribution < -0.4 is 10.5 Å². The van der Waals surface area contributed by atoms with Crippen molar-refractivity contribution in [3.8, 4) is 11.3 Å². The van der Waals surface area contributed by atoms with E-state index < -0.39 is 15.8 Å². The van der Waals surface area contributed by atoms with Gasteiger partial charge in [0.2, 0.25) is 0 Å². The first kappa shape index (κ1) is 29.3. The maximum atomic E-state index is 15.5. The number of nitrogen functional groups attached to an aromatic ring is 1. The predicted octanol–water partition coefficient (Wildman–Crippen LogP) is 5.62. The van der Waals surface area contributed by atoms with Crippen molar-refractivity contribution in [3.05, 3.63) is 77.6 Å². The van der Waals surface area contributed by atoms with Gasteiger partial charge in [-0.15, -0.1) is 0 Å². The Bertz CT molecular complexity index is 1810. The van der Waals surface area contributed by atoms with Gasteiger partial charge in [-0.2, -0.15) is 0 Å². The van der Waals surface area contributed by atoms with Crippen LogP contribution in [0.4, 0.5) is 15.9 Å². The lowest BCUT2D eigenvalue weighted by Gasteiger charge is -2.36. The Morgan fingerprint density at radius 2 is 1.91 bits per heavy atom. The third kappa shape index (κ3) is 5.64. The van der Waals surface area contributed by atoms with Gasteiger partial charge in [-0.1, -0.05) is 44.2 Å². The molecule has 3 N–H and O–H groups in total. The number of hydrogen-bond donors (Lipinski definition) is 2. The van der Waals surface area contributed by atoms with Crippen LogP contribution in [-0.4, -0.2) is 60.0 Å². The van der Waals surface area contributed by atoms with Crippen molar-refractivity contribution >= 4 is 32.6 Å². The summed E-state index contributed by atoms with van der Waals surface area (Å²) in [6.07, 6.45) is 7.00. The zero-order valence-electron chi connectivity index (χ0n) is 24.7. The Morgan fingerprint density at radius 3 is 2.58 bits per heavy atom. The van der Waals surface area contributed by atoms with Crippen LogP contribution in [0.25, 0.3) is 22.3 Å². The molecule has 0 saturated carbocycles. The Kier molecular flexibility index (Phi) is 7.97. The molecule has 0 bridgehead atoms. The molecule has 1 fully saturated rings. The van der Waals surface area contributed by atoms with E-state index in [1.807, 2.05) is 6.20 Å². The first-order valence-electron chi connectivity index (χ1n) is 14.7. The Labute approximate surface area is 251 Å². The van der Waals surface area contributed by atoms with E-state index in [1.54, 1.807) is 31.2 Å². The van der Waals surface area contributed by atoms with E-state index in [4.69, 9.17) is 15.5 Å². The van der Waals surface area contributed by atoms with Crippen molar-refractivity contribution in [2.45, 2.75) is 56.9 Å². The molecule has 9 nitrogen and oxygen atoms in total. The van der Waals surface area contributed by atoms with Crippen LogP contribution >= 0.6 is 0 Å². The number of rotatable bonds is 7. The van der Waals surface area contributed by atoms with Crippen LogP contribution in [0.3, 0.4) is 0 Å². The molecule has 0 spiro atoms. The lowest BCUT2D eigenvalue weighted by atomic mass is 9.92. The molecule has 1 aliphatic carbocycles. The number of nitrogens with zero attached hydrogens (tertiary/aromatic N) is 4. The first-order valence-corrected chi connectivity index (χ1v) is 16.2. The number of benzene rings is 2. The van der Waals surface area contributed by atoms with Crippen LogP contribution in [0.1, 0.15) is 56.1 Å². The lowest BCUT2D eigenvalue weighted by Crippen LogP contribution is -2.44. The van der Waals surface area contributed by atoms with Gasteiger partial charge < -0.3 is 10.5 Å². The van der Waals surface area contributed by atoms with Gasteiger partial charge in [-0.3, -0.25) is 14.0 Å². The van der Waals surface area contributed by atoms with Gasteiger partial charge >= 0.3 is 0 Å². The summed E-state index contributed by atoms with van der Waals surface area (Å²) in [5.74, 6) is 0.436. The number of nitrogens with one attached hydrogen (secondary N) is 1. The summed E-state index contributed by atoms with van der Waals surface area (Å²) >= 11 is 0. The number of hydrogen-bond acceptors (Lipinski definition) is 7. The van der Waals surface area contributed by atoms with Crippen LogP contribution in [0.15, 0.2) is 59.6 Å². The zero-order valence-corrected chi connectivity index (χ0v) is 25.5. The fraction of sp³-hybridized carbons (Fsp3) is 0.375. The van der Waals surface area contributed by atoms with Gasteiger partial charge in [0.15, 0.2) is 0 Å². The summed E-state index contributed by atoms with van der Waals surface area (Å²) in [6.45, 7) is 9.32. The SMILES string of the molecule is Cc1ccccc1S(=O)(=O)Nc1ccc(-c2nc(C(C)C)n3c(C4=CCC(N5CCOCC5)CC4)cnc(N)c23)cc1F. The van der Waals surface area contributed by atoms with Crippen molar-refractivity contribution in [1.29, 1.82) is 0 Å². The molecule has 0 amide bonds. The molecule has 4 aromatic rings. The summed E-state index contributed by atoms with van der Waals surface area (Å²) < 4.78 is 51.5. The van der Waals surface area contributed by atoms with Crippen molar-refractivity contribution < 1.29 is 17.5 Å². The average molecular weight is 605 g/mol. The number of nitrogens with two attached hydrogens (primary N) is 1. The second kappa shape index (κ2) is 11.7. The highest BCUT2D eigenvalue weighted by molar-refractivity contribution is 7.92. The highest BCUT2D eigenvalue weighted by Gasteiger charge is 2.27. The molecule has 43 heavy (non-hydrogen) atoms. The van der Waals surface area contributed by atoms with Gasteiger partial charge in [0.25, 0.3) is 10.0 Å². The van der Waals surface area contributed by atoms with E-state index in [0.29, 0.717) is 34.2 Å². The minimum atomic E-state index is -3.98. The largest absolute Gasteiger partial charge is 0.382 e. The topological polar surface area (TPSA) is 115 Å². The van der Waals surface area contributed by atoms with E-state index in [-0.39, 0.29) is 16.5 Å². The lowest BCUT2D eigenvalue weighted by molar-refractivity contribution is 0.0150. The molecular weight excluding hydrogens is 567 g/mol. The number of ether oxygens (including phenoxy) is 1. The molecule has 226 valence electrons. The number of halogens is 1. The number of aromatic nitrogens is 3. The molecule has 3 heterocycles. The quantitative estimate of drug-likeness (QED) is 0.282. The molecule has 1 aliphatic heterocycles. The van der Waals surface area contributed by atoms with E-state index in [1.165, 1.54) is 23.8 Å². The highest BCUT2D eigenvalue weighted by atomic mass is 32.2. The van der Waals surface area contributed by atoms with Gasteiger partial charge in [0.1, 0.15) is 28.7 Å². The van der Waals surface area contributed by atoms with Crippen LogP contribution in [-0.2, 0) is 14.8 Å². The molecule has 2 aromatic heterocycles. The smallest absolute Gasteiger partial charge is 0.262 e. The summed E-state index contributed by atoms with van der Waals surface area (Å²) in [6, 6.07) is 11.4. The summed E-state index contributed by atoms with van der Waals surface area (Å²) in [4.78, 5) is 12.1. The minimum Gasteiger partial charge on any atom is -0.382 e. The molecule has 2 aromatic carbocycles. The summed E-state index contributed by atoms with van der Waals surface area (Å²) in [5, 5.41) is 0. The van der Waals surface area contributed by atoms with Crippen LogP contribution in [0.2, 0.25) is 0 Å². The van der Waals surface area contributed by atoms with Crippen molar-refractivity contribution in [2.75, 3.05) is 36.8 Å². The average Bonchev–Trinajstić information content (AvgIpc) is 3.41. The third-order valence-electron chi connectivity index (χ3n) is 8.37. The molecule has 2 aliphatic rings. The van der Waals surface area contributed by atoms with E-state index in [2.05, 4.69) is 38.9 Å². The fourth-order valence-corrected chi connectivity index (χ4v) is 7.43. The maximum Gasteiger partial charge on any atom is 0.262 e. The second-order valence-electron chi connectivity index (χ2n) is 11.6. The van der Waals surface area contributed by atoms with E-state index in [9.17, 15) is 8.42 Å². The van der Waals surface area contributed by atoms with Gasteiger partial charge in [0, 0.05) is 30.6 Å². The summed E-state index contributed by atoms with van der Waals surface area (Å²) in [7, 11) is -3.98. The van der Waals surface area contributed by atoms with Crippen molar-refractivity contribution in [1.82, 2.24) is 19.3 Å². The first-order chi connectivity index (χ1) is 20.6. The van der Waals surface area contributed by atoms with Crippen molar-refractivity contribution in [3.63, 3.8) is 0 Å². The molecule has 1 saturated heterocycles. The number of imidazole rings is 1. The number of morpholine rings is 1. The molecule has 11 heteroatoms. The monoisotopic (exact) mass is 604 g/mol. The van der Waals surface area contributed by atoms with Gasteiger partial charge in [0.05, 0.1) is 35.7 Å². The van der Waals surface area contributed by atoms with Gasteiger partial charge in [-0.05, 0) is 55.5 Å². The number of sulfonamides is 1. The number of fused-ring (bicyclic) bond motifs is 1. The second-order valence-corrected chi connectivity index (χ2v) is 13.2. The standard InChI is InChI=1S/C32H37FN6O3S/c1-20(2)32-36-29(23-10-13-26(25(33)18-23)37-43(40,41)28-7-5-4-6-21(28)3)30-31(34)35-19-27(39(30)32)22-8-11-24(12-9-22)38-14-16-42-17-15-38/h4-8,10,13,18-20,24,37H,9,11-12,14-17H2,1-3H3,(H2,34,35). The van der Waals surface area contributed by atoms with Crippen LogP contribution in [0, 0.1) is 12.7 Å². The number of aryl methyl sites for hydroxylation is 1. The molecule has 1 unspecified atom stereocenters. The predicted molar refractivity (Wildman–Crippen MR) is 167 cm³/mol. The molecule has 0 radical (unpaired) electrons. The Hall–Kier alpha value is -3.80. The van der Waals surface area contributed by atoms with Gasteiger partial charge in [-0.25, -0.2) is 22.8 Å². The maximum absolute atomic E-state index is 15.5. The molecule has 1 atom stereocenters. The highest BCUT2D eigenvalue weighted by Crippen LogP contribution is 2.37. The van der Waals surface area contributed by atoms with Crippen LogP contribution in [0.5, 0.6) is 0 Å².